The molecule has 2 aromatic rings. The smallest absolute Gasteiger partial charge is 0.408 e. The number of likely N-dealkylation sites (tertiary alicyclic amines) is 1. The van der Waals surface area contributed by atoms with Gasteiger partial charge in [0.1, 0.15) is 0 Å². The highest BCUT2D eigenvalue weighted by molar-refractivity contribution is 7.92. The van der Waals surface area contributed by atoms with Gasteiger partial charge in [-0.3, -0.25) is 9.47 Å². The zero-order valence-corrected chi connectivity index (χ0v) is 20.3. The third-order valence-corrected chi connectivity index (χ3v) is 8.84. The predicted molar refractivity (Wildman–Crippen MR) is 120 cm³/mol. The first-order valence-electron chi connectivity index (χ1n) is 11.8. The van der Waals surface area contributed by atoms with Gasteiger partial charge in [0.25, 0.3) is 9.84 Å². The lowest BCUT2D eigenvalue weighted by molar-refractivity contribution is -0.0435. The average molecular weight is 505 g/mol. The Morgan fingerprint density at radius 3 is 2.38 bits per heavy atom. The molecule has 0 atom stereocenters. The molecule has 2 heterocycles. The summed E-state index contributed by atoms with van der Waals surface area (Å²) in [5.41, 5.74) is -5.22. The zero-order valence-electron chi connectivity index (χ0n) is 19.4. The van der Waals surface area contributed by atoms with Crippen LogP contribution >= 0.6 is 0 Å². The SMILES string of the molecule is CCCO[C@H]1CC[C@](C)(N2CCC(n3c(=O)oc4ccc(S(=O)(=O)C(F)(F)F)cc43)CC2)CC1. The monoisotopic (exact) mass is 504 g/mol. The number of ether oxygens (including phenoxy) is 1. The van der Waals surface area contributed by atoms with Crippen LogP contribution in [0.25, 0.3) is 11.1 Å². The van der Waals surface area contributed by atoms with Crippen LogP contribution in [0.1, 0.15) is 64.8 Å². The van der Waals surface area contributed by atoms with Crippen molar-refractivity contribution in [3.05, 3.63) is 28.7 Å². The first kappa shape index (κ1) is 25.2. The molecule has 34 heavy (non-hydrogen) atoms. The highest BCUT2D eigenvalue weighted by Gasteiger charge is 2.47. The van der Waals surface area contributed by atoms with Gasteiger partial charge in [-0.05, 0) is 70.1 Å². The summed E-state index contributed by atoms with van der Waals surface area (Å²) in [6.07, 6.45) is 6.64. The zero-order chi connectivity index (χ0) is 24.7. The van der Waals surface area contributed by atoms with E-state index in [2.05, 4.69) is 18.7 Å². The molecule has 0 bridgehead atoms. The summed E-state index contributed by atoms with van der Waals surface area (Å²) in [5.74, 6) is -0.685. The van der Waals surface area contributed by atoms with Crippen LogP contribution in [0.2, 0.25) is 0 Å². The average Bonchev–Trinajstić information content (AvgIpc) is 3.13. The maximum absolute atomic E-state index is 13.0. The molecule has 0 unspecified atom stereocenters. The Bertz CT molecular complexity index is 1170. The molecule has 11 heteroatoms. The highest BCUT2D eigenvalue weighted by Crippen LogP contribution is 2.38. The minimum Gasteiger partial charge on any atom is -0.408 e. The summed E-state index contributed by atoms with van der Waals surface area (Å²) in [4.78, 5) is 14.1. The van der Waals surface area contributed by atoms with Gasteiger partial charge in [-0.25, -0.2) is 13.2 Å². The van der Waals surface area contributed by atoms with Gasteiger partial charge in [-0.2, -0.15) is 13.2 Å². The molecule has 1 saturated carbocycles. The Labute approximate surface area is 196 Å². The normalized spacial score (nSPS) is 25.7. The predicted octanol–water partition coefficient (Wildman–Crippen LogP) is 4.65. The number of sulfone groups is 1. The Kier molecular flexibility index (Phi) is 6.91. The van der Waals surface area contributed by atoms with Gasteiger partial charge in [-0.15, -0.1) is 0 Å². The number of piperidine rings is 1. The van der Waals surface area contributed by atoms with E-state index in [1.54, 1.807) is 0 Å². The minimum absolute atomic E-state index is 0.0500. The summed E-state index contributed by atoms with van der Waals surface area (Å²) >= 11 is 0. The van der Waals surface area contributed by atoms with Crippen molar-refractivity contribution >= 4 is 20.9 Å². The molecule has 0 N–H and O–H groups in total. The van der Waals surface area contributed by atoms with Crippen LogP contribution in [0.15, 0.2) is 32.3 Å². The van der Waals surface area contributed by atoms with Crippen molar-refractivity contribution in [2.45, 2.75) is 86.9 Å². The van der Waals surface area contributed by atoms with Crippen molar-refractivity contribution in [1.82, 2.24) is 9.47 Å². The van der Waals surface area contributed by atoms with E-state index in [0.29, 0.717) is 18.9 Å². The van der Waals surface area contributed by atoms with Gasteiger partial charge in [-0.1, -0.05) is 6.92 Å². The van der Waals surface area contributed by atoms with Gasteiger partial charge < -0.3 is 9.15 Å². The number of aromatic nitrogens is 1. The van der Waals surface area contributed by atoms with Crippen molar-refractivity contribution in [3.63, 3.8) is 0 Å². The Morgan fingerprint density at radius 2 is 1.79 bits per heavy atom. The van der Waals surface area contributed by atoms with E-state index in [1.807, 2.05) is 0 Å². The molecule has 1 aromatic carbocycles. The molecular formula is C23H31F3N2O5S. The van der Waals surface area contributed by atoms with Crippen LogP contribution in [0.5, 0.6) is 0 Å². The van der Waals surface area contributed by atoms with Crippen molar-refractivity contribution < 1.29 is 30.7 Å². The van der Waals surface area contributed by atoms with E-state index < -0.39 is 26.0 Å². The van der Waals surface area contributed by atoms with E-state index in [0.717, 1.165) is 70.0 Å². The van der Waals surface area contributed by atoms with Gasteiger partial charge in [0.2, 0.25) is 0 Å². The molecule has 1 aliphatic heterocycles. The summed E-state index contributed by atoms with van der Waals surface area (Å²) < 4.78 is 75.3. The lowest BCUT2D eigenvalue weighted by Gasteiger charge is -2.48. The lowest BCUT2D eigenvalue weighted by Crippen LogP contribution is -2.53. The third kappa shape index (κ3) is 4.66. The molecule has 7 nitrogen and oxygen atoms in total. The summed E-state index contributed by atoms with van der Waals surface area (Å²) in [5, 5.41) is 0. The van der Waals surface area contributed by atoms with Gasteiger partial charge in [0, 0.05) is 31.3 Å². The molecule has 0 spiro atoms. The first-order chi connectivity index (χ1) is 16.0. The maximum Gasteiger partial charge on any atom is 0.501 e. The summed E-state index contributed by atoms with van der Waals surface area (Å²) in [7, 11) is -5.52. The molecule has 4 rings (SSSR count). The maximum atomic E-state index is 13.0. The second-order valence-corrected chi connectivity index (χ2v) is 11.5. The molecule has 1 saturated heterocycles. The molecule has 0 radical (unpaired) electrons. The molecule has 1 aromatic heterocycles. The number of hydrogen-bond acceptors (Lipinski definition) is 6. The molecule has 2 fully saturated rings. The number of fused-ring (bicyclic) bond motifs is 1. The fourth-order valence-electron chi connectivity index (χ4n) is 5.30. The number of nitrogens with zero attached hydrogens (tertiary/aromatic N) is 2. The van der Waals surface area contributed by atoms with Crippen LogP contribution in [0, 0.1) is 0 Å². The van der Waals surface area contributed by atoms with Gasteiger partial charge in [0.05, 0.1) is 16.5 Å². The minimum atomic E-state index is -5.52. The van der Waals surface area contributed by atoms with E-state index in [-0.39, 0.29) is 22.7 Å². The van der Waals surface area contributed by atoms with Crippen LogP contribution in [-0.4, -0.2) is 54.7 Å². The number of alkyl halides is 3. The highest BCUT2D eigenvalue weighted by atomic mass is 32.2. The summed E-state index contributed by atoms with van der Waals surface area (Å²) in [6.45, 7) is 6.62. The number of hydrogen-bond donors (Lipinski definition) is 0. The molecule has 2 aliphatic rings. The van der Waals surface area contributed by atoms with Crippen molar-refractivity contribution in [1.29, 1.82) is 0 Å². The Balaban J connectivity index is 1.50. The quantitative estimate of drug-likeness (QED) is 0.570. The van der Waals surface area contributed by atoms with Crippen molar-refractivity contribution in [2.75, 3.05) is 19.7 Å². The molecule has 190 valence electrons. The number of halogens is 3. The van der Waals surface area contributed by atoms with E-state index in [1.165, 1.54) is 4.57 Å². The van der Waals surface area contributed by atoms with E-state index in [4.69, 9.17) is 9.15 Å². The van der Waals surface area contributed by atoms with Gasteiger partial charge >= 0.3 is 11.3 Å². The topological polar surface area (TPSA) is 81.8 Å². The second kappa shape index (κ2) is 9.31. The first-order valence-corrected chi connectivity index (χ1v) is 13.3. The third-order valence-electron chi connectivity index (χ3n) is 7.36. The standard InChI is InChI=1S/C23H31F3N2O5S/c1-3-14-32-17-6-10-22(2,11-7-17)27-12-8-16(9-13-27)28-19-15-18(34(30,31)23(24,25)26)4-5-20(19)33-21(28)29/h4-5,15-17H,3,6-14H2,1-2H3/t17-,22-. The van der Waals surface area contributed by atoms with Crippen molar-refractivity contribution in [2.24, 2.45) is 0 Å². The second-order valence-electron chi connectivity index (χ2n) is 9.60. The molecular weight excluding hydrogens is 473 g/mol. The fraction of sp³-hybridized carbons (Fsp3) is 0.696. The number of benzene rings is 1. The Morgan fingerprint density at radius 1 is 1.15 bits per heavy atom. The van der Waals surface area contributed by atoms with Crippen LogP contribution in [0.3, 0.4) is 0 Å². The van der Waals surface area contributed by atoms with Crippen LogP contribution in [-0.2, 0) is 14.6 Å². The van der Waals surface area contributed by atoms with Crippen molar-refractivity contribution in [3.8, 4) is 0 Å². The number of oxazole rings is 1. The van der Waals surface area contributed by atoms with E-state index >= 15 is 0 Å². The molecule has 0 amide bonds. The summed E-state index contributed by atoms with van der Waals surface area (Å²) in [6, 6.07) is 2.55. The van der Waals surface area contributed by atoms with Gasteiger partial charge in [0.15, 0.2) is 5.58 Å². The molecule has 1 aliphatic carbocycles. The lowest BCUT2D eigenvalue weighted by atomic mass is 9.79. The van der Waals surface area contributed by atoms with Crippen LogP contribution in [0.4, 0.5) is 13.2 Å². The largest absolute Gasteiger partial charge is 0.501 e. The van der Waals surface area contributed by atoms with E-state index in [9.17, 15) is 26.4 Å². The fourth-order valence-corrected chi connectivity index (χ4v) is 6.09. The Hall–Kier alpha value is -1.85. The number of rotatable bonds is 6. The van der Waals surface area contributed by atoms with Crippen LogP contribution < -0.4 is 5.76 Å².